The maximum Gasteiger partial charge on any atom is 0.338 e. The van der Waals surface area contributed by atoms with Gasteiger partial charge in [0.05, 0.1) is 16.7 Å². The molecule has 3 rings (SSSR count). The lowest BCUT2D eigenvalue weighted by Gasteiger charge is -2.18. The lowest BCUT2D eigenvalue weighted by atomic mass is 10.1. The molecule has 5 amide bonds. The largest absolute Gasteiger partial charge is 0.449 e. The van der Waals surface area contributed by atoms with Gasteiger partial charge in [-0.25, -0.2) is 9.59 Å². The fourth-order valence-corrected chi connectivity index (χ4v) is 3.17. The summed E-state index contributed by atoms with van der Waals surface area (Å²) in [6.07, 6.45) is -0.678. The average Bonchev–Trinajstić information content (AvgIpc) is 3.23. The molecule has 154 valence electrons. The SMILES string of the molecule is COCCCN1C(=O)c2ccc(C(=O)O[C@H](C)C(=O)N3CCNC3=O)cc2C1=O. The number of ether oxygens (including phenoxy) is 2. The van der Waals surface area contributed by atoms with Crippen LogP contribution in [0.5, 0.6) is 0 Å². The number of amides is 5. The molecule has 1 saturated heterocycles. The second-order valence-corrected chi connectivity index (χ2v) is 6.64. The van der Waals surface area contributed by atoms with E-state index in [-0.39, 0.29) is 29.8 Å². The Balaban J connectivity index is 1.69. The summed E-state index contributed by atoms with van der Waals surface area (Å²) in [6.45, 7) is 2.53. The molecular weight excluding hydrogens is 382 g/mol. The van der Waals surface area contributed by atoms with Gasteiger partial charge in [0.25, 0.3) is 17.7 Å². The van der Waals surface area contributed by atoms with Crippen molar-refractivity contribution in [1.29, 1.82) is 0 Å². The zero-order chi connectivity index (χ0) is 21.1. The number of benzene rings is 1. The van der Waals surface area contributed by atoms with E-state index in [4.69, 9.17) is 9.47 Å². The molecule has 0 aromatic heterocycles. The Bertz CT molecular complexity index is 883. The van der Waals surface area contributed by atoms with Gasteiger partial charge in [0.1, 0.15) is 0 Å². The normalized spacial score (nSPS) is 16.7. The fraction of sp³-hybridized carbons (Fsp3) is 0.421. The molecule has 0 unspecified atom stereocenters. The van der Waals surface area contributed by atoms with Gasteiger partial charge in [-0.3, -0.25) is 24.2 Å². The minimum absolute atomic E-state index is 0.0363. The molecule has 0 spiro atoms. The third kappa shape index (κ3) is 3.97. The van der Waals surface area contributed by atoms with Crippen molar-refractivity contribution in [1.82, 2.24) is 15.1 Å². The second kappa shape index (κ2) is 8.39. The highest BCUT2D eigenvalue weighted by Crippen LogP contribution is 2.24. The zero-order valence-corrected chi connectivity index (χ0v) is 16.1. The summed E-state index contributed by atoms with van der Waals surface area (Å²) in [5.74, 6) is -2.38. The summed E-state index contributed by atoms with van der Waals surface area (Å²) in [5.41, 5.74) is 0.357. The second-order valence-electron chi connectivity index (χ2n) is 6.64. The molecule has 10 heteroatoms. The summed E-state index contributed by atoms with van der Waals surface area (Å²) in [7, 11) is 1.53. The van der Waals surface area contributed by atoms with E-state index < -0.39 is 35.8 Å². The van der Waals surface area contributed by atoms with Gasteiger partial charge in [0.2, 0.25) is 0 Å². The molecule has 1 aromatic carbocycles. The Morgan fingerprint density at radius 1 is 1.17 bits per heavy atom. The van der Waals surface area contributed by atoms with Gasteiger partial charge in [0, 0.05) is 33.4 Å². The molecule has 2 aliphatic rings. The Morgan fingerprint density at radius 3 is 2.55 bits per heavy atom. The number of hydrogen-bond donors (Lipinski definition) is 1. The van der Waals surface area contributed by atoms with Crippen molar-refractivity contribution in [2.75, 3.05) is 33.4 Å². The van der Waals surface area contributed by atoms with E-state index in [2.05, 4.69) is 5.32 Å². The first-order valence-electron chi connectivity index (χ1n) is 9.14. The van der Waals surface area contributed by atoms with Crippen molar-refractivity contribution in [2.24, 2.45) is 0 Å². The lowest BCUT2D eigenvalue weighted by Crippen LogP contribution is -2.41. The van der Waals surface area contributed by atoms with Crippen molar-refractivity contribution in [3.63, 3.8) is 0 Å². The number of nitrogens with one attached hydrogen (secondary N) is 1. The van der Waals surface area contributed by atoms with Crippen molar-refractivity contribution in [3.8, 4) is 0 Å². The monoisotopic (exact) mass is 403 g/mol. The number of carbonyl (C=O) groups is 5. The number of nitrogens with zero attached hydrogens (tertiary/aromatic N) is 2. The maximum atomic E-state index is 12.5. The van der Waals surface area contributed by atoms with Crippen LogP contribution in [-0.2, 0) is 14.3 Å². The summed E-state index contributed by atoms with van der Waals surface area (Å²) < 4.78 is 10.1. The van der Waals surface area contributed by atoms with E-state index >= 15 is 0 Å². The minimum atomic E-state index is -1.18. The average molecular weight is 403 g/mol. The third-order valence-electron chi connectivity index (χ3n) is 4.69. The molecule has 2 heterocycles. The van der Waals surface area contributed by atoms with E-state index in [9.17, 15) is 24.0 Å². The Hall–Kier alpha value is -3.27. The molecule has 1 atom stereocenters. The zero-order valence-electron chi connectivity index (χ0n) is 16.1. The maximum absolute atomic E-state index is 12.5. The van der Waals surface area contributed by atoms with Crippen LogP contribution in [0.4, 0.5) is 4.79 Å². The summed E-state index contributed by atoms with van der Waals surface area (Å²) in [4.78, 5) is 63.2. The smallest absolute Gasteiger partial charge is 0.338 e. The van der Waals surface area contributed by atoms with Crippen LogP contribution in [-0.4, -0.2) is 79.0 Å². The molecule has 0 radical (unpaired) electrons. The molecule has 0 bridgehead atoms. The van der Waals surface area contributed by atoms with Crippen molar-refractivity contribution in [3.05, 3.63) is 34.9 Å². The van der Waals surface area contributed by atoms with Gasteiger partial charge in [-0.2, -0.15) is 0 Å². The molecular formula is C19H21N3O7. The van der Waals surface area contributed by atoms with Crippen molar-refractivity contribution in [2.45, 2.75) is 19.4 Å². The quantitative estimate of drug-likeness (QED) is 0.398. The number of fused-ring (bicyclic) bond motifs is 1. The van der Waals surface area contributed by atoms with E-state index in [1.54, 1.807) is 0 Å². The summed E-state index contributed by atoms with van der Waals surface area (Å²) in [5, 5.41) is 2.49. The predicted octanol–water partition coefficient (Wildman–Crippen LogP) is 0.416. The highest BCUT2D eigenvalue weighted by molar-refractivity contribution is 6.22. The van der Waals surface area contributed by atoms with Crippen LogP contribution in [0.1, 0.15) is 44.4 Å². The van der Waals surface area contributed by atoms with Gasteiger partial charge in [-0.15, -0.1) is 0 Å². The predicted molar refractivity (Wildman–Crippen MR) is 98.3 cm³/mol. The summed E-state index contributed by atoms with van der Waals surface area (Å²) >= 11 is 0. The Morgan fingerprint density at radius 2 is 1.90 bits per heavy atom. The van der Waals surface area contributed by atoms with Gasteiger partial charge in [0.15, 0.2) is 6.10 Å². The number of methoxy groups -OCH3 is 1. The molecule has 10 nitrogen and oxygen atoms in total. The molecule has 1 fully saturated rings. The Kier molecular flexibility index (Phi) is 5.92. The van der Waals surface area contributed by atoms with Crippen molar-refractivity contribution >= 4 is 29.7 Å². The summed E-state index contributed by atoms with van der Waals surface area (Å²) in [6, 6.07) is 3.51. The number of esters is 1. The number of urea groups is 1. The first kappa shape index (κ1) is 20.5. The number of hydrogen-bond acceptors (Lipinski definition) is 7. The van der Waals surface area contributed by atoms with Gasteiger partial charge in [-0.1, -0.05) is 0 Å². The molecule has 1 N–H and O–H groups in total. The molecule has 1 aromatic rings. The molecule has 29 heavy (non-hydrogen) atoms. The lowest BCUT2D eigenvalue weighted by molar-refractivity contribution is -0.136. The third-order valence-corrected chi connectivity index (χ3v) is 4.69. The molecule has 2 aliphatic heterocycles. The van der Waals surface area contributed by atoms with Crippen LogP contribution in [0.3, 0.4) is 0 Å². The van der Waals surface area contributed by atoms with E-state index in [1.165, 1.54) is 32.2 Å². The number of carbonyl (C=O) groups excluding carboxylic acids is 5. The van der Waals surface area contributed by atoms with Crippen LogP contribution in [0.15, 0.2) is 18.2 Å². The highest BCUT2D eigenvalue weighted by Gasteiger charge is 2.36. The van der Waals surface area contributed by atoms with Gasteiger partial charge in [-0.05, 0) is 31.5 Å². The highest BCUT2D eigenvalue weighted by atomic mass is 16.5. The van der Waals surface area contributed by atoms with E-state index in [0.29, 0.717) is 19.6 Å². The number of rotatable bonds is 7. The van der Waals surface area contributed by atoms with Crippen molar-refractivity contribution < 1.29 is 33.4 Å². The van der Waals surface area contributed by atoms with Crippen LogP contribution in [0, 0.1) is 0 Å². The van der Waals surface area contributed by atoms with Gasteiger partial charge >= 0.3 is 12.0 Å². The topological polar surface area (TPSA) is 122 Å². The molecule has 0 aliphatic carbocycles. The van der Waals surface area contributed by atoms with Crippen LogP contribution >= 0.6 is 0 Å². The van der Waals surface area contributed by atoms with Crippen LogP contribution in [0.2, 0.25) is 0 Å². The van der Waals surface area contributed by atoms with E-state index in [1.807, 2.05) is 0 Å². The molecule has 0 saturated carbocycles. The van der Waals surface area contributed by atoms with Crippen LogP contribution < -0.4 is 5.32 Å². The number of imide groups is 2. The standard InChI is InChI=1S/C19H21N3O7/c1-11(15(23)22-8-6-20-19(22)27)29-18(26)12-4-5-13-14(10-12)17(25)21(16(13)24)7-3-9-28-2/h4-5,10-11H,3,6-9H2,1-2H3,(H,20,27)/t11-/m1/s1. The first-order valence-corrected chi connectivity index (χ1v) is 9.14. The van der Waals surface area contributed by atoms with Gasteiger partial charge < -0.3 is 14.8 Å². The van der Waals surface area contributed by atoms with E-state index in [0.717, 1.165) is 9.80 Å². The minimum Gasteiger partial charge on any atom is -0.449 e. The van der Waals surface area contributed by atoms with Crippen LogP contribution in [0.25, 0.3) is 0 Å². The Labute approximate surface area is 166 Å². The fourth-order valence-electron chi connectivity index (χ4n) is 3.17. The first-order chi connectivity index (χ1) is 13.8.